The van der Waals surface area contributed by atoms with Gasteiger partial charge in [-0.25, -0.2) is 0 Å². The van der Waals surface area contributed by atoms with E-state index in [0.29, 0.717) is 18.8 Å². The minimum absolute atomic E-state index is 0.259. The maximum Gasteiger partial charge on any atom is 0.222 e. The van der Waals surface area contributed by atoms with Gasteiger partial charge in [0.15, 0.2) is 0 Å². The molecule has 1 N–H and O–H groups in total. The second-order valence-corrected chi connectivity index (χ2v) is 4.06. The molecule has 2 fully saturated rings. The molecule has 2 unspecified atom stereocenters. The van der Waals surface area contributed by atoms with E-state index in [1.165, 1.54) is 0 Å². The van der Waals surface area contributed by atoms with Crippen LogP contribution < -0.4 is 5.32 Å². The van der Waals surface area contributed by atoms with Crippen LogP contribution >= 0.6 is 0 Å². The molecule has 78 valence electrons. The Labute approximate surface area is 83.6 Å². The Bertz CT molecular complexity index is 242. The molecule has 2 aliphatic heterocycles. The predicted octanol–water partition coefficient (Wildman–Crippen LogP) is -0.214. The SMILES string of the molecule is O=CCC1CCC(=O)N2CCNCC12. The largest absolute Gasteiger partial charge is 0.337 e. The van der Waals surface area contributed by atoms with Crippen molar-refractivity contribution in [3.8, 4) is 0 Å². The number of piperidine rings is 1. The first-order chi connectivity index (χ1) is 6.83. The number of carbonyl (C=O) groups excluding carboxylic acids is 2. The first-order valence-electron chi connectivity index (χ1n) is 5.26. The minimum Gasteiger partial charge on any atom is -0.337 e. The fraction of sp³-hybridized carbons (Fsp3) is 0.800. The number of nitrogens with zero attached hydrogens (tertiary/aromatic N) is 1. The van der Waals surface area contributed by atoms with Gasteiger partial charge in [0.25, 0.3) is 0 Å². The van der Waals surface area contributed by atoms with Gasteiger partial charge >= 0.3 is 0 Å². The van der Waals surface area contributed by atoms with Gasteiger partial charge in [-0.05, 0) is 12.3 Å². The summed E-state index contributed by atoms with van der Waals surface area (Å²) in [4.78, 5) is 24.0. The van der Waals surface area contributed by atoms with Crippen molar-refractivity contribution in [2.45, 2.75) is 25.3 Å². The van der Waals surface area contributed by atoms with Gasteiger partial charge in [0.1, 0.15) is 6.29 Å². The Hall–Kier alpha value is -0.900. The number of hydrogen-bond acceptors (Lipinski definition) is 3. The van der Waals surface area contributed by atoms with E-state index in [0.717, 1.165) is 32.3 Å². The summed E-state index contributed by atoms with van der Waals surface area (Å²) in [5.41, 5.74) is 0. The molecular formula is C10H16N2O2. The highest BCUT2D eigenvalue weighted by atomic mass is 16.2. The topological polar surface area (TPSA) is 49.4 Å². The molecule has 0 aromatic carbocycles. The van der Waals surface area contributed by atoms with Crippen LogP contribution in [-0.4, -0.2) is 42.8 Å². The molecule has 14 heavy (non-hydrogen) atoms. The lowest BCUT2D eigenvalue weighted by Gasteiger charge is -2.44. The van der Waals surface area contributed by atoms with Gasteiger partial charge in [-0.2, -0.15) is 0 Å². The molecule has 0 aromatic heterocycles. The number of fused-ring (bicyclic) bond motifs is 1. The Balaban J connectivity index is 2.07. The second kappa shape index (κ2) is 4.09. The molecule has 2 aliphatic rings. The van der Waals surface area contributed by atoms with Gasteiger partial charge in [-0.1, -0.05) is 0 Å². The highest BCUT2D eigenvalue weighted by Gasteiger charge is 2.36. The van der Waals surface area contributed by atoms with Crippen molar-refractivity contribution in [1.29, 1.82) is 0 Å². The van der Waals surface area contributed by atoms with Crippen molar-refractivity contribution in [3.63, 3.8) is 0 Å². The zero-order chi connectivity index (χ0) is 9.97. The maximum absolute atomic E-state index is 11.6. The quantitative estimate of drug-likeness (QED) is 0.621. The molecule has 2 saturated heterocycles. The van der Waals surface area contributed by atoms with Crippen LogP contribution in [0.5, 0.6) is 0 Å². The molecule has 2 heterocycles. The monoisotopic (exact) mass is 196 g/mol. The third-order valence-electron chi connectivity index (χ3n) is 3.28. The summed E-state index contributed by atoms with van der Waals surface area (Å²) in [6.45, 7) is 2.54. The third kappa shape index (κ3) is 1.66. The average Bonchev–Trinajstić information content (AvgIpc) is 2.23. The fourth-order valence-electron chi connectivity index (χ4n) is 2.50. The molecule has 0 saturated carbocycles. The smallest absolute Gasteiger partial charge is 0.222 e. The van der Waals surface area contributed by atoms with Gasteiger partial charge in [0.2, 0.25) is 5.91 Å². The number of hydrogen-bond donors (Lipinski definition) is 1. The molecule has 0 aromatic rings. The zero-order valence-corrected chi connectivity index (χ0v) is 8.24. The van der Waals surface area contributed by atoms with Crippen LogP contribution in [0, 0.1) is 5.92 Å². The van der Waals surface area contributed by atoms with Crippen LogP contribution in [0.4, 0.5) is 0 Å². The number of amides is 1. The Morgan fingerprint density at radius 3 is 3.21 bits per heavy atom. The summed E-state index contributed by atoms with van der Waals surface area (Å²) in [7, 11) is 0. The molecule has 1 amide bonds. The third-order valence-corrected chi connectivity index (χ3v) is 3.28. The number of rotatable bonds is 2. The molecule has 0 radical (unpaired) electrons. The van der Waals surface area contributed by atoms with Gasteiger partial charge in [0.05, 0.1) is 0 Å². The van der Waals surface area contributed by atoms with E-state index in [1.54, 1.807) is 0 Å². The Kier molecular flexibility index (Phi) is 2.82. The average molecular weight is 196 g/mol. The molecule has 2 rings (SSSR count). The van der Waals surface area contributed by atoms with E-state index >= 15 is 0 Å². The lowest BCUT2D eigenvalue weighted by molar-refractivity contribution is -0.140. The van der Waals surface area contributed by atoms with Crippen molar-refractivity contribution in [2.24, 2.45) is 5.92 Å². The highest BCUT2D eigenvalue weighted by Crippen LogP contribution is 2.27. The van der Waals surface area contributed by atoms with E-state index in [-0.39, 0.29) is 11.9 Å². The first-order valence-corrected chi connectivity index (χ1v) is 5.26. The minimum atomic E-state index is 0.259. The fourth-order valence-corrected chi connectivity index (χ4v) is 2.50. The summed E-state index contributed by atoms with van der Waals surface area (Å²) in [6.07, 6.45) is 3.07. The lowest BCUT2D eigenvalue weighted by atomic mass is 9.85. The molecular weight excluding hydrogens is 180 g/mol. The first kappa shape index (κ1) is 9.65. The molecule has 4 nitrogen and oxygen atoms in total. The van der Waals surface area contributed by atoms with E-state index in [9.17, 15) is 9.59 Å². The number of carbonyl (C=O) groups is 2. The summed E-state index contributed by atoms with van der Waals surface area (Å²) >= 11 is 0. The Morgan fingerprint density at radius 2 is 2.43 bits per heavy atom. The maximum atomic E-state index is 11.6. The Morgan fingerprint density at radius 1 is 1.57 bits per heavy atom. The zero-order valence-electron chi connectivity index (χ0n) is 8.24. The molecule has 0 spiro atoms. The summed E-state index contributed by atoms with van der Waals surface area (Å²) < 4.78 is 0. The van der Waals surface area contributed by atoms with Gasteiger partial charge in [0, 0.05) is 38.5 Å². The molecule has 0 aliphatic carbocycles. The number of aldehydes is 1. The molecule has 2 atom stereocenters. The van der Waals surface area contributed by atoms with Gasteiger partial charge < -0.3 is 15.0 Å². The summed E-state index contributed by atoms with van der Waals surface area (Å²) in [6, 6.07) is 0.259. The van der Waals surface area contributed by atoms with Crippen molar-refractivity contribution in [1.82, 2.24) is 10.2 Å². The van der Waals surface area contributed by atoms with Crippen molar-refractivity contribution in [2.75, 3.05) is 19.6 Å². The summed E-state index contributed by atoms with van der Waals surface area (Å²) in [5, 5.41) is 3.28. The van der Waals surface area contributed by atoms with Crippen molar-refractivity contribution < 1.29 is 9.59 Å². The van der Waals surface area contributed by atoms with Crippen LogP contribution in [0.25, 0.3) is 0 Å². The van der Waals surface area contributed by atoms with E-state index < -0.39 is 0 Å². The van der Waals surface area contributed by atoms with E-state index in [4.69, 9.17) is 0 Å². The van der Waals surface area contributed by atoms with E-state index in [1.807, 2.05) is 4.90 Å². The predicted molar refractivity (Wildman–Crippen MR) is 51.8 cm³/mol. The van der Waals surface area contributed by atoms with Crippen LogP contribution in [0.15, 0.2) is 0 Å². The molecule has 4 heteroatoms. The van der Waals surface area contributed by atoms with Crippen LogP contribution in [0.1, 0.15) is 19.3 Å². The van der Waals surface area contributed by atoms with E-state index in [2.05, 4.69) is 5.32 Å². The number of piperazine rings is 1. The standard InChI is InChI=1S/C10H16N2O2/c13-6-3-8-1-2-10(14)12-5-4-11-7-9(8)12/h6,8-9,11H,1-5,7H2. The molecule has 0 bridgehead atoms. The van der Waals surface area contributed by atoms with Crippen LogP contribution in [0.2, 0.25) is 0 Å². The van der Waals surface area contributed by atoms with Crippen LogP contribution in [-0.2, 0) is 9.59 Å². The highest BCUT2D eigenvalue weighted by molar-refractivity contribution is 5.77. The van der Waals surface area contributed by atoms with Gasteiger partial charge in [-0.3, -0.25) is 4.79 Å². The second-order valence-electron chi connectivity index (χ2n) is 4.06. The lowest BCUT2D eigenvalue weighted by Crippen LogP contribution is -2.58. The number of nitrogens with one attached hydrogen (secondary N) is 1. The summed E-state index contributed by atoms with van der Waals surface area (Å²) in [5.74, 6) is 0.636. The normalized spacial score (nSPS) is 32.6. The van der Waals surface area contributed by atoms with Gasteiger partial charge in [-0.15, -0.1) is 0 Å². The van der Waals surface area contributed by atoms with Crippen LogP contribution in [0.3, 0.4) is 0 Å². The van der Waals surface area contributed by atoms with Crippen molar-refractivity contribution in [3.05, 3.63) is 0 Å². The van der Waals surface area contributed by atoms with Crippen molar-refractivity contribution >= 4 is 12.2 Å².